The molecule has 1 unspecified atom stereocenters. The second-order valence-corrected chi connectivity index (χ2v) is 4.01. The molecule has 0 aliphatic rings. The zero-order valence-corrected chi connectivity index (χ0v) is 9.46. The fourth-order valence-corrected chi connectivity index (χ4v) is 1.71. The number of unbranched alkanes of at least 4 members (excludes halogenated alkanes) is 2. The Bertz CT molecular complexity index is 309. The first kappa shape index (κ1) is 12.2. The molecule has 15 heavy (non-hydrogen) atoms. The molecule has 1 aromatic rings. The Morgan fingerprint density at radius 1 is 1.33 bits per heavy atom. The van der Waals surface area contributed by atoms with Gasteiger partial charge in [-0.05, 0) is 36.6 Å². The molecule has 1 aromatic carbocycles. The lowest BCUT2D eigenvalue weighted by molar-refractivity contribution is 0.162. The predicted octanol–water partition coefficient (Wildman–Crippen LogP) is 3.75. The standard InChI is InChI=1S/C13H19FO/c1-3-4-5-6-13(15)12-9-11(14)8-7-10(12)2/h7-9,13,15H,3-6H2,1-2H3. The molecule has 0 spiro atoms. The summed E-state index contributed by atoms with van der Waals surface area (Å²) in [5.41, 5.74) is 1.69. The maximum absolute atomic E-state index is 13.0. The number of rotatable bonds is 5. The fraction of sp³-hybridized carbons (Fsp3) is 0.538. The quantitative estimate of drug-likeness (QED) is 0.734. The maximum atomic E-state index is 13.0. The van der Waals surface area contributed by atoms with Crippen LogP contribution in [0.15, 0.2) is 18.2 Å². The van der Waals surface area contributed by atoms with E-state index in [1.165, 1.54) is 12.1 Å². The third-order valence-electron chi connectivity index (χ3n) is 2.68. The fourth-order valence-electron chi connectivity index (χ4n) is 1.71. The Balaban J connectivity index is 2.64. The van der Waals surface area contributed by atoms with E-state index in [2.05, 4.69) is 6.92 Å². The van der Waals surface area contributed by atoms with Gasteiger partial charge in [0, 0.05) is 0 Å². The van der Waals surface area contributed by atoms with Crippen LogP contribution in [-0.2, 0) is 0 Å². The number of halogens is 1. The van der Waals surface area contributed by atoms with Gasteiger partial charge in [0.15, 0.2) is 0 Å². The van der Waals surface area contributed by atoms with E-state index >= 15 is 0 Å². The van der Waals surface area contributed by atoms with E-state index in [0.29, 0.717) is 0 Å². The van der Waals surface area contributed by atoms with Gasteiger partial charge < -0.3 is 5.11 Å². The maximum Gasteiger partial charge on any atom is 0.123 e. The average molecular weight is 210 g/mol. The highest BCUT2D eigenvalue weighted by molar-refractivity contribution is 5.28. The van der Waals surface area contributed by atoms with Gasteiger partial charge >= 0.3 is 0 Å². The molecule has 1 rings (SSSR count). The van der Waals surface area contributed by atoms with Gasteiger partial charge in [0.2, 0.25) is 0 Å². The molecule has 0 aliphatic heterocycles. The van der Waals surface area contributed by atoms with Crippen LogP contribution < -0.4 is 0 Å². The second kappa shape index (κ2) is 5.86. The van der Waals surface area contributed by atoms with Crippen molar-refractivity contribution in [2.75, 3.05) is 0 Å². The van der Waals surface area contributed by atoms with Crippen LogP contribution in [0, 0.1) is 12.7 Å². The molecular formula is C13H19FO. The molecule has 0 fully saturated rings. The second-order valence-electron chi connectivity index (χ2n) is 4.01. The van der Waals surface area contributed by atoms with Crippen LogP contribution in [0.4, 0.5) is 4.39 Å². The molecular weight excluding hydrogens is 191 g/mol. The van der Waals surface area contributed by atoms with Gasteiger partial charge in [-0.3, -0.25) is 0 Å². The Hall–Kier alpha value is -0.890. The average Bonchev–Trinajstić information content (AvgIpc) is 2.22. The summed E-state index contributed by atoms with van der Waals surface area (Å²) in [6.45, 7) is 4.03. The van der Waals surface area contributed by atoms with Crippen LogP contribution >= 0.6 is 0 Å². The lowest BCUT2D eigenvalue weighted by atomic mass is 9.99. The third kappa shape index (κ3) is 3.63. The summed E-state index contributed by atoms with van der Waals surface area (Å²) < 4.78 is 13.0. The monoisotopic (exact) mass is 210 g/mol. The topological polar surface area (TPSA) is 20.2 Å². The van der Waals surface area contributed by atoms with Gasteiger partial charge in [-0.2, -0.15) is 0 Å². The van der Waals surface area contributed by atoms with E-state index in [0.717, 1.165) is 36.8 Å². The van der Waals surface area contributed by atoms with Crippen molar-refractivity contribution < 1.29 is 9.50 Å². The van der Waals surface area contributed by atoms with Crippen LogP contribution in [0.5, 0.6) is 0 Å². The predicted molar refractivity (Wildman–Crippen MR) is 60.2 cm³/mol. The summed E-state index contributed by atoms with van der Waals surface area (Å²) in [6.07, 6.45) is 3.44. The van der Waals surface area contributed by atoms with Crippen molar-refractivity contribution in [2.45, 2.75) is 45.6 Å². The van der Waals surface area contributed by atoms with E-state index in [4.69, 9.17) is 0 Å². The van der Waals surface area contributed by atoms with Crippen LogP contribution in [0.3, 0.4) is 0 Å². The van der Waals surface area contributed by atoms with Crippen molar-refractivity contribution in [1.82, 2.24) is 0 Å². The Morgan fingerprint density at radius 3 is 2.73 bits per heavy atom. The summed E-state index contributed by atoms with van der Waals surface area (Å²) in [5.74, 6) is -0.273. The number of aliphatic hydroxyl groups excluding tert-OH is 1. The molecule has 2 heteroatoms. The van der Waals surface area contributed by atoms with Crippen molar-refractivity contribution >= 4 is 0 Å². The highest BCUT2D eigenvalue weighted by atomic mass is 19.1. The summed E-state index contributed by atoms with van der Waals surface area (Å²) in [4.78, 5) is 0. The summed E-state index contributed by atoms with van der Waals surface area (Å²) in [6, 6.07) is 4.58. The van der Waals surface area contributed by atoms with Gasteiger partial charge in [0.05, 0.1) is 6.10 Å². The van der Waals surface area contributed by atoms with E-state index in [9.17, 15) is 9.50 Å². The minimum absolute atomic E-state index is 0.273. The molecule has 0 bridgehead atoms. The Morgan fingerprint density at radius 2 is 2.07 bits per heavy atom. The third-order valence-corrected chi connectivity index (χ3v) is 2.68. The number of benzene rings is 1. The minimum atomic E-state index is -0.521. The lowest BCUT2D eigenvalue weighted by Gasteiger charge is -2.13. The SMILES string of the molecule is CCCCCC(O)c1cc(F)ccc1C. The summed E-state index contributed by atoms with van der Waals surface area (Å²) >= 11 is 0. The molecule has 0 aliphatic carbocycles. The molecule has 0 heterocycles. The van der Waals surface area contributed by atoms with Crippen molar-refractivity contribution in [3.05, 3.63) is 35.1 Å². The van der Waals surface area contributed by atoms with Gasteiger partial charge in [-0.25, -0.2) is 4.39 Å². The first-order valence-corrected chi connectivity index (χ1v) is 5.59. The smallest absolute Gasteiger partial charge is 0.123 e. The largest absolute Gasteiger partial charge is 0.388 e. The van der Waals surface area contributed by atoms with Crippen LogP contribution in [0.1, 0.15) is 49.8 Å². The molecule has 0 saturated carbocycles. The number of hydrogen-bond donors (Lipinski definition) is 1. The van der Waals surface area contributed by atoms with Crippen molar-refractivity contribution in [3.63, 3.8) is 0 Å². The first-order chi connectivity index (χ1) is 7.15. The minimum Gasteiger partial charge on any atom is -0.388 e. The van der Waals surface area contributed by atoms with Gasteiger partial charge in [0.1, 0.15) is 5.82 Å². The lowest BCUT2D eigenvalue weighted by Crippen LogP contribution is -2.00. The van der Waals surface area contributed by atoms with Crippen molar-refractivity contribution in [2.24, 2.45) is 0 Å². The van der Waals surface area contributed by atoms with Gasteiger partial charge in [-0.1, -0.05) is 32.3 Å². The molecule has 1 N–H and O–H groups in total. The van der Waals surface area contributed by atoms with Gasteiger partial charge in [-0.15, -0.1) is 0 Å². The summed E-state index contributed by atoms with van der Waals surface area (Å²) in [5, 5.41) is 9.89. The van der Waals surface area contributed by atoms with Crippen LogP contribution in [0.2, 0.25) is 0 Å². The van der Waals surface area contributed by atoms with Crippen molar-refractivity contribution in [1.29, 1.82) is 0 Å². The normalized spacial score (nSPS) is 12.8. The molecule has 1 nitrogen and oxygen atoms in total. The molecule has 0 saturated heterocycles. The zero-order chi connectivity index (χ0) is 11.3. The Kier molecular flexibility index (Phi) is 4.76. The van der Waals surface area contributed by atoms with Crippen molar-refractivity contribution in [3.8, 4) is 0 Å². The molecule has 84 valence electrons. The Labute approximate surface area is 90.9 Å². The van der Waals surface area contributed by atoms with Crippen LogP contribution in [-0.4, -0.2) is 5.11 Å². The van der Waals surface area contributed by atoms with Crippen LogP contribution in [0.25, 0.3) is 0 Å². The zero-order valence-electron chi connectivity index (χ0n) is 9.46. The highest BCUT2D eigenvalue weighted by Gasteiger charge is 2.10. The molecule has 0 amide bonds. The molecule has 0 aromatic heterocycles. The number of aryl methyl sites for hydroxylation is 1. The van der Waals surface area contributed by atoms with Gasteiger partial charge in [0.25, 0.3) is 0 Å². The molecule has 0 radical (unpaired) electrons. The molecule has 1 atom stereocenters. The van der Waals surface area contributed by atoms with E-state index in [1.807, 2.05) is 6.92 Å². The summed E-state index contributed by atoms with van der Waals surface area (Å²) in [7, 11) is 0. The van der Waals surface area contributed by atoms with E-state index in [1.54, 1.807) is 6.07 Å². The first-order valence-electron chi connectivity index (χ1n) is 5.59. The highest BCUT2D eigenvalue weighted by Crippen LogP contribution is 2.23. The van der Waals surface area contributed by atoms with E-state index in [-0.39, 0.29) is 5.82 Å². The number of hydrogen-bond acceptors (Lipinski definition) is 1. The van der Waals surface area contributed by atoms with E-state index < -0.39 is 6.10 Å². The number of aliphatic hydroxyl groups is 1.